The molecule has 0 atom stereocenters. The molecule has 66 valence electrons. The Labute approximate surface area is 69.3 Å². The van der Waals surface area contributed by atoms with Gasteiger partial charge in [-0.3, -0.25) is 0 Å². The van der Waals surface area contributed by atoms with Crippen LogP contribution in [0.5, 0.6) is 0 Å². The van der Waals surface area contributed by atoms with Gasteiger partial charge in [0.15, 0.2) is 0 Å². The molecule has 0 aromatic rings. The predicted molar refractivity (Wildman–Crippen MR) is 46.7 cm³/mol. The summed E-state index contributed by atoms with van der Waals surface area (Å²) >= 11 is 0. The van der Waals surface area contributed by atoms with E-state index in [2.05, 4.69) is 26.1 Å². The van der Waals surface area contributed by atoms with Gasteiger partial charge < -0.3 is 10.1 Å². The van der Waals surface area contributed by atoms with Crippen LogP contribution >= 0.6 is 0 Å². The zero-order chi connectivity index (χ0) is 8.48. The highest BCUT2D eigenvalue weighted by Crippen LogP contribution is 2.24. The van der Waals surface area contributed by atoms with Crippen LogP contribution in [0.3, 0.4) is 0 Å². The first-order chi connectivity index (χ1) is 5.01. The van der Waals surface area contributed by atoms with Gasteiger partial charge in [-0.15, -0.1) is 0 Å². The van der Waals surface area contributed by atoms with Gasteiger partial charge in [-0.25, -0.2) is 0 Å². The first-order valence-electron chi connectivity index (χ1n) is 4.32. The number of methoxy groups -OCH3 is 1. The van der Waals surface area contributed by atoms with E-state index < -0.39 is 0 Å². The summed E-state index contributed by atoms with van der Waals surface area (Å²) in [5.41, 5.74) is 0.253. The average Bonchev–Trinajstić information content (AvgIpc) is 1.75. The summed E-state index contributed by atoms with van der Waals surface area (Å²) in [6.07, 6.45) is 2.86. The van der Waals surface area contributed by atoms with Crippen LogP contribution in [0.4, 0.5) is 0 Å². The van der Waals surface area contributed by atoms with Crippen LogP contribution in [0.15, 0.2) is 0 Å². The van der Waals surface area contributed by atoms with E-state index in [-0.39, 0.29) is 5.54 Å². The van der Waals surface area contributed by atoms with E-state index in [1.807, 2.05) is 0 Å². The van der Waals surface area contributed by atoms with Gasteiger partial charge in [0.1, 0.15) is 0 Å². The standard InChI is InChI=1S/C9H19NO/c1-9(2,3)10-7-5-8(6-7)11-4/h7-8,10H,5-6H2,1-4H3. The maximum absolute atomic E-state index is 5.19. The first kappa shape index (κ1) is 9.01. The average molecular weight is 157 g/mol. The molecule has 1 fully saturated rings. The van der Waals surface area contributed by atoms with Crippen molar-refractivity contribution in [1.29, 1.82) is 0 Å². The predicted octanol–water partition coefficient (Wildman–Crippen LogP) is 1.55. The summed E-state index contributed by atoms with van der Waals surface area (Å²) in [6.45, 7) is 6.60. The number of hydrogen-bond donors (Lipinski definition) is 1. The summed E-state index contributed by atoms with van der Waals surface area (Å²) in [4.78, 5) is 0. The number of ether oxygens (including phenoxy) is 1. The summed E-state index contributed by atoms with van der Waals surface area (Å²) in [5, 5.41) is 3.54. The van der Waals surface area contributed by atoms with Crippen LogP contribution in [0.2, 0.25) is 0 Å². The second-order valence-corrected chi connectivity index (χ2v) is 4.42. The minimum atomic E-state index is 0.253. The smallest absolute Gasteiger partial charge is 0.0601 e. The van der Waals surface area contributed by atoms with Crippen LogP contribution in [0.1, 0.15) is 33.6 Å². The highest BCUT2D eigenvalue weighted by Gasteiger charge is 2.31. The molecule has 0 radical (unpaired) electrons. The molecule has 1 aliphatic rings. The Kier molecular flexibility index (Phi) is 2.55. The molecule has 1 rings (SSSR count). The van der Waals surface area contributed by atoms with Crippen LogP contribution in [-0.2, 0) is 4.74 Å². The van der Waals surface area contributed by atoms with Gasteiger partial charge in [-0.05, 0) is 33.6 Å². The van der Waals surface area contributed by atoms with Gasteiger partial charge in [-0.2, -0.15) is 0 Å². The topological polar surface area (TPSA) is 21.3 Å². The second-order valence-electron chi connectivity index (χ2n) is 4.42. The minimum absolute atomic E-state index is 0.253. The maximum Gasteiger partial charge on any atom is 0.0601 e. The van der Waals surface area contributed by atoms with E-state index in [0.29, 0.717) is 12.1 Å². The number of nitrogens with one attached hydrogen (secondary N) is 1. The lowest BCUT2D eigenvalue weighted by molar-refractivity contribution is 0.0108. The van der Waals surface area contributed by atoms with Gasteiger partial charge in [0.25, 0.3) is 0 Å². The van der Waals surface area contributed by atoms with E-state index in [9.17, 15) is 0 Å². The Bertz CT molecular complexity index is 122. The molecule has 0 unspecified atom stereocenters. The van der Waals surface area contributed by atoms with E-state index in [0.717, 1.165) is 0 Å². The molecular weight excluding hydrogens is 138 g/mol. The Morgan fingerprint density at radius 2 is 1.82 bits per heavy atom. The fourth-order valence-electron chi connectivity index (χ4n) is 1.49. The van der Waals surface area contributed by atoms with E-state index in [4.69, 9.17) is 4.74 Å². The second kappa shape index (κ2) is 3.11. The van der Waals surface area contributed by atoms with Crippen molar-refractivity contribution < 1.29 is 4.74 Å². The maximum atomic E-state index is 5.19. The van der Waals surface area contributed by atoms with Crippen LogP contribution in [-0.4, -0.2) is 24.8 Å². The molecule has 0 bridgehead atoms. The van der Waals surface area contributed by atoms with Gasteiger partial charge in [-0.1, -0.05) is 0 Å². The third-order valence-corrected chi connectivity index (χ3v) is 2.07. The van der Waals surface area contributed by atoms with Crippen molar-refractivity contribution in [3.05, 3.63) is 0 Å². The van der Waals surface area contributed by atoms with Gasteiger partial charge >= 0.3 is 0 Å². The van der Waals surface area contributed by atoms with Crippen LogP contribution < -0.4 is 5.32 Å². The van der Waals surface area contributed by atoms with Crippen molar-refractivity contribution in [3.63, 3.8) is 0 Å². The zero-order valence-corrected chi connectivity index (χ0v) is 7.98. The summed E-state index contributed by atoms with van der Waals surface area (Å²) in [5.74, 6) is 0. The summed E-state index contributed by atoms with van der Waals surface area (Å²) < 4.78 is 5.19. The molecule has 0 spiro atoms. The molecule has 0 aliphatic heterocycles. The van der Waals surface area contributed by atoms with Crippen molar-refractivity contribution >= 4 is 0 Å². The molecule has 0 saturated heterocycles. The van der Waals surface area contributed by atoms with Gasteiger partial charge in [0.05, 0.1) is 6.10 Å². The zero-order valence-electron chi connectivity index (χ0n) is 7.98. The Hall–Kier alpha value is -0.0800. The molecule has 0 heterocycles. The molecule has 1 N–H and O–H groups in total. The Morgan fingerprint density at radius 1 is 1.27 bits per heavy atom. The van der Waals surface area contributed by atoms with Crippen molar-refractivity contribution in [3.8, 4) is 0 Å². The molecule has 0 aromatic carbocycles. The number of hydrogen-bond acceptors (Lipinski definition) is 2. The molecule has 0 amide bonds. The SMILES string of the molecule is COC1CC(NC(C)(C)C)C1. The highest BCUT2D eigenvalue weighted by atomic mass is 16.5. The van der Waals surface area contributed by atoms with Gasteiger partial charge in [0.2, 0.25) is 0 Å². The van der Waals surface area contributed by atoms with Crippen molar-refractivity contribution in [2.24, 2.45) is 0 Å². The highest BCUT2D eigenvalue weighted by molar-refractivity contribution is 4.89. The Balaban J connectivity index is 2.14. The van der Waals surface area contributed by atoms with Crippen molar-refractivity contribution in [1.82, 2.24) is 5.32 Å². The van der Waals surface area contributed by atoms with Crippen LogP contribution in [0.25, 0.3) is 0 Å². The normalized spacial score (nSPS) is 31.6. The van der Waals surface area contributed by atoms with E-state index in [1.54, 1.807) is 7.11 Å². The van der Waals surface area contributed by atoms with Gasteiger partial charge in [0, 0.05) is 18.7 Å². The molecular formula is C9H19NO. The minimum Gasteiger partial charge on any atom is -0.381 e. The van der Waals surface area contributed by atoms with Crippen molar-refractivity contribution in [2.75, 3.05) is 7.11 Å². The van der Waals surface area contributed by atoms with E-state index >= 15 is 0 Å². The lowest BCUT2D eigenvalue weighted by Crippen LogP contribution is -2.52. The lowest BCUT2D eigenvalue weighted by Gasteiger charge is -2.39. The van der Waals surface area contributed by atoms with Crippen molar-refractivity contribution in [2.45, 2.75) is 51.3 Å². The summed E-state index contributed by atoms with van der Waals surface area (Å²) in [7, 11) is 1.79. The monoisotopic (exact) mass is 157 g/mol. The third-order valence-electron chi connectivity index (χ3n) is 2.07. The fraction of sp³-hybridized carbons (Fsp3) is 1.00. The molecule has 0 aromatic heterocycles. The Morgan fingerprint density at radius 3 is 2.18 bits per heavy atom. The number of rotatable bonds is 2. The lowest BCUT2D eigenvalue weighted by atomic mass is 9.87. The summed E-state index contributed by atoms with van der Waals surface area (Å²) in [6, 6.07) is 0.681. The first-order valence-corrected chi connectivity index (χ1v) is 4.32. The molecule has 2 heteroatoms. The third kappa shape index (κ3) is 2.80. The fourth-order valence-corrected chi connectivity index (χ4v) is 1.49. The molecule has 11 heavy (non-hydrogen) atoms. The van der Waals surface area contributed by atoms with Crippen LogP contribution in [0, 0.1) is 0 Å². The quantitative estimate of drug-likeness (QED) is 0.656. The molecule has 1 saturated carbocycles. The largest absolute Gasteiger partial charge is 0.381 e. The molecule has 1 aliphatic carbocycles. The molecule has 2 nitrogen and oxygen atoms in total. The van der Waals surface area contributed by atoms with E-state index in [1.165, 1.54) is 12.8 Å².